The van der Waals surface area contributed by atoms with Crippen LogP contribution in [0.15, 0.2) is 18.2 Å². The summed E-state index contributed by atoms with van der Waals surface area (Å²) >= 11 is 0. The smallest absolute Gasteiger partial charge is 0.329 e. The molecule has 2 fully saturated rings. The second-order valence-electron chi connectivity index (χ2n) is 7.74. The molecule has 0 bridgehead atoms. The van der Waals surface area contributed by atoms with Crippen LogP contribution in [0.5, 0.6) is 0 Å². The van der Waals surface area contributed by atoms with Crippen molar-refractivity contribution in [2.45, 2.75) is 57.2 Å². The van der Waals surface area contributed by atoms with Crippen molar-refractivity contribution in [3.8, 4) is 12.3 Å². The van der Waals surface area contributed by atoms with Crippen molar-refractivity contribution in [1.29, 1.82) is 0 Å². The van der Waals surface area contributed by atoms with Gasteiger partial charge in [0.2, 0.25) is 11.8 Å². The molecule has 0 aromatic heterocycles. The van der Waals surface area contributed by atoms with Gasteiger partial charge in [0.15, 0.2) is 18.2 Å². The summed E-state index contributed by atoms with van der Waals surface area (Å²) in [5, 5.41) is 2.69. The van der Waals surface area contributed by atoms with Gasteiger partial charge in [-0.05, 0) is 24.8 Å². The van der Waals surface area contributed by atoms with Gasteiger partial charge < -0.3 is 15.0 Å². The molecule has 1 heterocycles. The number of hydrogen-bond donors (Lipinski definition) is 1. The number of halogens is 2. The Hall–Kier alpha value is -2.95. The number of hydrogen-bond acceptors (Lipinski definition) is 4. The molecule has 3 rings (SSSR count). The fraction of sp³-hybridized carbons (Fsp3) is 0.500. The van der Waals surface area contributed by atoms with Crippen LogP contribution < -0.4 is 5.32 Å². The molecular formula is C22H24F2N2O4. The highest BCUT2D eigenvalue weighted by Crippen LogP contribution is 2.34. The zero-order valence-electron chi connectivity index (χ0n) is 16.5. The average molecular weight is 418 g/mol. The first-order valence-corrected chi connectivity index (χ1v) is 10.0. The SMILES string of the molecule is C#CCOC(=O)[C@H](CC1CC1)NC(=O)C[C@@H]1CCC(=O)N1Cc1cccc(F)c1F. The Morgan fingerprint density at radius 3 is 2.77 bits per heavy atom. The third-order valence-corrected chi connectivity index (χ3v) is 5.43. The Kier molecular flexibility index (Phi) is 7.03. The van der Waals surface area contributed by atoms with E-state index in [1.54, 1.807) is 0 Å². The van der Waals surface area contributed by atoms with E-state index in [2.05, 4.69) is 11.2 Å². The summed E-state index contributed by atoms with van der Waals surface area (Å²) in [6.07, 6.45) is 8.21. The number of amides is 2. The molecule has 2 amide bonds. The number of nitrogens with one attached hydrogen (secondary N) is 1. The van der Waals surface area contributed by atoms with Crippen LogP contribution in [0, 0.1) is 29.9 Å². The summed E-state index contributed by atoms with van der Waals surface area (Å²) in [5.74, 6) is -0.592. The molecule has 1 saturated carbocycles. The molecule has 30 heavy (non-hydrogen) atoms. The molecule has 1 aliphatic heterocycles. The fourth-order valence-electron chi connectivity index (χ4n) is 3.66. The first-order valence-electron chi connectivity index (χ1n) is 10.0. The third-order valence-electron chi connectivity index (χ3n) is 5.43. The van der Waals surface area contributed by atoms with Crippen LogP contribution in [-0.2, 0) is 25.7 Å². The third kappa shape index (κ3) is 5.56. The van der Waals surface area contributed by atoms with Crippen LogP contribution in [0.25, 0.3) is 0 Å². The summed E-state index contributed by atoms with van der Waals surface area (Å²) in [6.45, 7) is -0.282. The van der Waals surface area contributed by atoms with Crippen molar-refractivity contribution < 1.29 is 27.9 Å². The molecule has 1 aliphatic carbocycles. The first kappa shape index (κ1) is 21.8. The zero-order chi connectivity index (χ0) is 21.7. The highest BCUT2D eigenvalue weighted by molar-refractivity contribution is 5.86. The van der Waals surface area contributed by atoms with Crippen LogP contribution >= 0.6 is 0 Å². The molecule has 1 saturated heterocycles. The standard InChI is InChI=1S/C22H24F2N2O4/c1-2-10-30-22(29)18(11-14-6-7-14)25-19(27)12-16-8-9-20(28)26(16)13-15-4-3-5-17(23)21(15)24/h1,3-5,14,16,18H,6-13H2,(H,25,27)/t16-,18-/m0/s1. The highest BCUT2D eigenvalue weighted by atomic mass is 19.2. The maximum absolute atomic E-state index is 14.0. The van der Waals surface area contributed by atoms with Gasteiger partial charge in [0.25, 0.3) is 0 Å². The normalized spacial score (nSPS) is 19.3. The Balaban J connectivity index is 1.62. The number of nitrogens with zero attached hydrogens (tertiary/aromatic N) is 1. The summed E-state index contributed by atoms with van der Waals surface area (Å²) in [7, 11) is 0. The Bertz CT molecular complexity index is 863. The van der Waals surface area contributed by atoms with Gasteiger partial charge >= 0.3 is 5.97 Å². The fourth-order valence-corrected chi connectivity index (χ4v) is 3.66. The Morgan fingerprint density at radius 1 is 1.30 bits per heavy atom. The molecular weight excluding hydrogens is 394 g/mol. The summed E-state index contributed by atoms with van der Waals surface area (Å²) in [5.41, 5.74) is 0.0557. The zero-order valence-corrected chi connectivity index (χ0v) is 16.5. The lowest BCUT2D eigenvalue weighted by molar-refractivity contribution is -0.147. The van der Waals surface area contributed by atoms with E-state index in [4.69, 9.17) is 11.2 Å². The minimum Gasteiger partial charge on any atom is -0.451 e. The molecule has 160 valence electrons. The van der Waals surface area contributed by atoms with E-state index in [1.165, 1.54) is 17.0 Å². The first-order chi connectivity index (χ1) is 14.4. The predicted molar refractivity (Wildman–Crippen MR) is 104 cm³/mol. The molecule has 1 aromatic rings. The van der Waals surface area contributed by atoms with Crippen LogP contribution in [0.2, 0.25) is 0 Å². The number of rotatable bonds is 9. The summed E-state index contributed by atoms with van der Waals surface area (Å²) in [4.78, 5) is 38.4. The molecule has 8 heteroatoms. The largest absolute Gasteiger partial charge is 0.451 e. The number of carbonyl (C=O) groups excluding carboxylic acids is 3. The van der Waals surface area contributed by atoms with E-state index in [0.717, 1.165) is 18.9 Å². The molecule has 1 aromatic carbocycles. The van der Waals surface area contributed by atoms with Crippen LogP contribution in [0.4, 0.5) is 8.78 Å². The maximum Gasteiger partial charge on any atom is 0.329 e. The van der Waals surface area contributed by atoms with Crippen molar-refractivity contribution in [3.05, 3.63) is 35.4 Å². The van der Waals surface area contributed by atoms with Gasteiger partial charge in [-0.3, -0.25) is 9.59 Å². The molecule has 2 aliphatic rings. The van der Waals surface area contributed by atoms with Gasteiger partial charge in [-0.15, -0.1) is 6.42 Å². The minimum absolute atomic E-state index is 0.0355. The van der Waals surface area contributed by atoms with Gasteiger partial charge in [-0.2, -0.15) is 0 Å². The lowest BCUT2D eigenvalue weighted by Crippen LogP contribution is -2.44. The second-order valence-corrected chi connectivity index (χ2v) is 7.74. The maximum atomic E-state index is 14.0. The van der Waals surface area contributed by atoms with Gasteiger partial charge in [-0.1, -0.05) is 30.9 Å². The number of ether oxygens (including phenoxy) is 1. The van der Waals surface area contributed by atoms with Crippen LogP contribution in [0.3, 0.4) is 0 Å². The minimum atomic E-state index is -0.999. The monoisotopic (exact) mass is 418 g/mol. The average Bonchev–Trinajstić information content (AvgIpc) is 3.47. The molecule has 0 spiro atoms. The summed E-state index contributed by atoms with van der Waals surface area (Å²) in [6, 6.07) is 2.55. The van der Waals surface area contributed by atoms with Gasteiger partial charge in [0.05, 0.1) is 0 Å². The number of benzene rings is 1. The van der Waals surface area contributed by atoms with E-state index in [1.807, 2.05) is 0 Å². The van der Waals surface area contributed by atoms with Crippen LogP contribution in [-0.4, -0.2) is 41.4 Å². The predicted octanol–water partition coefficient (Wildman–Crippen LogP) is 2.31. The summed E-state index contributed by atoms with van der Waals surface area (Å²) < 4.78 is 32.4. The highest BCUT2D eigenvalue weighted by Gasteiger charge is 2.35. The quantitative estimate of drug-likeness (QED) is 0.493. The van der Waals surface area contributed by atoms with Crippen molar-refractivity contribution in [1.82, 2.24) is 10.2 Å². The Labute approximate surface area is 173 Å². The number of esters is 1. The van der Waals surface area contributed by atoms with E-state index < -0.39 is 35.6 Å². The van der Waals surface area contributed by atoms with E-state index >= 15 is 0 Å². The molecule has 0 radical (unpaired) electrons. The van der Waals surface area contributed by atoms with Crippen molar-refractivity contribution in [2.24, 2.45) is 5.92 Å². The number of terminal acetylenes is 1. The van der Waals surface area contributed by atoms with Gasteiger partial charge in [0.1, 0.15) is 6.04 Å². The number of likely N-dealkylation sites (tertiary alicyclic amines) is 1. The molecule has 2 atom stereocenters. The molecule has 1 N–H and O–H groups in total. The van der Waals surface area contributed by atoms with Crippen molar-refractivity contribution >= 4 is 17.8 Å². The Morgan fingerprint density at radius 2 is 2.07 bits per heavy atom. The van der Waals surface area contributed by atoms with Crippen molar-refractivity contribution in [3.63, 3.8) is 0 Å². The topological polar surface area (TPSA) is 75.7 Å². The molecule has 0 unspecified atom stereocenters. The second kappa shape index (κ2) is 9.70. The lowest BCUT2D eigenvalue weighted by Gasteiger charge is -2.25. The van der Waals surface area contributed by atoms with E-state index in [0.29, 0.717) is 18.8 Å². The molecule has 6 nitrogen and oxygen atoms in total. The van der Waals surface area contributed by atoms with E-state index in [-0.39, 0.29) is 37.5 Å². The van der Waals surface area contributed by atoms with Gasteiger partial charge in [0, 0.05) is 31.0 Å². The lowest BCUT2D eigenvalue weighted by atomic mass is 10.1. The van der Waals surface area contributed by atoms with E-state index in [9.17, 15) is 23.2 Å². The van der Waals surface area contributed by atoms with Crippen LogP contribution in [0.1, 0.15) is 44.1 Å². The number of carbonyl (C=O) groups is 3. The van der Waals surface area contributed by atoms with Crippen molar-refractivity contribution in [2.75, 3.05) is 6.61 Å². The van der Waals surface area contributed by atoms with Gasteiger partial charge in [-0.25, -0.2) is 13.6 Å².